The van der Waals surface area contributed by atoms with Gasteiger partial charge in [-0.3, -0.25) is 9.97 Å². The smallest absolute Gasteiger partial charge is 0.337 e. The molecule has 0 saturated carbocycles. The second-order valence-corrected chi connectivity index (χ2v) is 5.10. The van der Waals surface area contributed by atoms with Gasteiger partial charge in [0.1, 0.15) is 0 Å². The Morgan fingerprint density at radius 1 is 1.24 bits per heavy atom. The predicted octanol–water partition coefficient (Wildman–Crippen LogP) is 2.56. The van der Waals surface area contributed by atoms with Gasteiger partial charge in [0.2, 0.25) is 0 Å². The van der Waals surface area contributed by atoms with E-state index in [1.54, 1.807) is 11.1 Å². The number of pyridine rings is 2. The molecule has 21 heavy (non-hydrogen) atoms. The van der Waals surface area contributed by atoms with Crippen LogP contribution in [0.3, 0.4) is 0 Å². The summed E-state index contributed by atoms with van der Waals surface area (Å²) < 4.78 is 26.5. The molecule has 0 unspecified atom stereocenters. The largest absolute Gasteiger partial charge is 0.478 e. The van der Waals surface area contributed by atoms with E-state index < -0.39 is 11.9 Å². The highest BCUT2D eigenvalue weighted by molar-refractivity contribution is 5.97. The number of carbonyl (C=O) groups is 1. The number of carboxylic acid groups (broad SMARTS) is 1. The Morgan fingerprint density at radius 2 is 1.95 bits per heavy atom. The van der Waals surface area contributed by atoms with E-state index in [2.05, 4.69) is 9.97 Å². The summed E-state index contributed by atoms with van der Waals surface area (Å²) in [5, 5.41) is 9.67. The molecule has 0 amide bonds. The normalized spacial score (nSPS) is 17.9. The highest BCUT2D eigenvalue weighted by Gasteiger charge is 2.34. The van der Waals surface area contributed by atoms with Gasteiger partial charge in [0.15, 0.2) is 0 Å². The van der Waals surface area contributed by atoms with Crippen LogP contribution in [0.15, 0.2) is 24.7 Å². The Balaban J connectivity index is 2.02. The molecule has 0 radical (unpaired) electrons. The van der Waals surface area contributed by atoms with E-state index in [-0.39, 0.29) is 31.5 Å². The molecule has 110 valence electrons. The lowest BCUT2D eigenvalue weighted by Gasteiger charge is -2.33. The first-order valence-electron chi connectivity index (χ1n) is 6.56. The molecule has 1 fully saturated rings. The van der Waals surface area contributed by atoms with Gasteiger partial charge in [-0.1, -0.05) is 0 Å². The third-order valence-electron chi connectivity index (χ3n) is 3.67. The van der Waals surface area contributed by atoms with E-state index in [1.165, 1.54) is 18.5 Å². The molecular weight excluding hydrogens is 280 g/mol. The van der Waals surface area contributed by atoms with Crippen molar-refractivity contribution in [3.63, 3.8) is 0 Å². The molecule has 0 bridgehead atoms. The van der Waals surface area contributed by atoms with Crippen LogP contribution in [0.4, 0.5) is 14.5 Å². The first kappa shape index (κ1) is 13.7. The highest BCUT2D eigenvalue weighted by atomic mass is 19.3. The van der Waals surface area contributed by atoms with E-state index in [4.69, 9.17) is 5.11 Å². The van der Waals surface area contributed by atoms with Crippen molar-refractivity contribution < 1.29 is 18.7 Å². The summed E-state index contributed by atoms with van der Waals surface area (Å²) in [5.41, 5.74) is 1.27. The van der Waals surface area contributed by atoms with Crippen LogP contribution in [0.5, 0.6) is 0 Å². The lowest BCUT2D eigenvalue weighted by molar-refractivity contribution is -0.0220. The molecule has 1 aliphatic heterocycles. The van der Waals surface area contributed by atoms with Crippen molar-refractivity contribution in [2.75, 3.05) is 18.0 Å². The number of nitrogens with zero attached hydrogens (tertiary/aromatic N) is 3. The summed E-state index contributed by atoms with van der Waals surface area (Å²) in [4.78, 5) is 21.0. The molecule has 1 N–H and O–H groups in total. The predicted molar refractivity (Wildman–Crippen MR) is 72.9 cm³/mol. The number of hydrogen-bond acceptors (Lipinski definition) is 4. The molecule has 3 rings (SSSR count). The van der Waals surface area contributed by atoms with E-state index >= 15 is 0 Å². The van der Waals surface area contributed by atoms with Gasteiger partial charge in [-0.25, -0.2) is 13.6 Å². The average molecular weight is 293 g/mol. The molecule has 5 nitrogen and oxygen atoms in total. The number of piperidine rings is 1. The number of rotatable bonds is 2. The van der Waals surface area contributed by atoms with Gasteiger partial charge in [-0.15, -0.1) is 0 Å². The Hall–Kier alpha value is -2.31. The van der Waals surface area contributed by atoms with Crippen molar-refractivity contribution in [2.24, 2.45) is 0 Å². The van der Waals surface area contributed by atoms with Crippen LogP contribution in [0.25, 0.3) is 10.9 Å². The van der Waals surface area contributed by atoms with Crippen molar-refractivity contribution in [2.45, 2.75) is 18.8 Å². The maximum atomic E-state index is 13.2. The van der Waals surface area contributed by atoms with Crippen LogP contribution in [-0.4, -0.2) is 40.1 Å². The number of aromatic nitrogens is 2. The van der Waals surface area contributed by atoms with Crippen LogP contribution in [0, 0.1) is 0 Å². The number of anilines is 1. The quantitative estimate of drug-likeness (QED) is 0.921. The minimum absolute atomic E-state index is 0.0669. The molecule has 0 atom stereocenters. The number of alkyl halides is 2. The highest BCUT2D eigenvalue weighted by Crippen LogP contribution is 2.33. The van der Waals surface area contributed by atoms with Crippen molar-refractivity contribution in [1.82, 2.24) is 9.97 Å². The molecule has 1 aliphatic rings. The summed E-state index contributed by atoms with van der Waals surface area (Å²) in [7, 11) is 0. The molecule has 0 aromatic carbocycles. The third-order valence-corrected chi connectivity index (χ3v) is 3.67. The number of aromatic carboxylic acids is 1. The first-order valence-corrected chi connectivity index (χ1v) is 6.56. The molecule has 1 saturated heterocycles. The molecule has 3 heterocycles. The monoisotopic (exact) mass is 293 g/mol. The number of carboxylic acids is 1. The van der Waals surface area contributed by atoms with Crippen LogP contribution in [0.1, 0.15) is 23.2 Å². The summed E-state index contributed by atoms with van der Waals surface area (Å²) in [5.74, 6) is -3.70. The molecular formula is C14H13F2N3O2. The minimum Gasteiger partial charge on any atom is -0.478 e. The molecule has 2 aromatic rings. The second-order valence-electron chi connectivity index (χ2n) is 5.10. The van der Waals surface area contributed by atoms with Gasteiger partial charge in [-0.2, -0.15) is 0 Å². The Labute approximate surface area is 119 Å². The van der Waals surface area contributed by atoms with Gasteiger partial charge in [0.05, 0.1) is 29.2 Å². The van der Waals surface area contributed by atoms with Gasteiger partial charge >= 0.3 is 5.97 Å². The fourth-order valence-electron chi connectivity index (χ4n) is 2.48. The molecule has 7 heteroatoms. The summed E-state index contributed by atoms with van der Waals surface area (Å²) >= 11 is 0. The van der Waals surface area contributed by atoms with Crippen LogP contribution >= 0.6 is 0 Å². The molecule has 0 spiro atoms. The fourth-order valence-corrected chi connectivity index (χ4v) is 2.48. The molecule has 0 aliphatic carbocycles. The Kier molecular flexibility index (Phi) is 3.19. The second kappa shape index (κ2) is 4.91. The Bertz CT molecular complexity index is 696. The van der Waals surface area contributed by atoms with Crippen LogP contribution in [0.2, 0.25) is 0 Å². The maximum absolute atomic E-state index is 13.2. The van der Waals surface area contributed by atoms with Crippen LogP contribution < -0.4 is 4.90 Å². The number of halogens is 2. The topological polar surface area (TPSA) is 66.3 Å². The number of fused-ring (bicyclic) bond motifs is 1. The van der Waals surface area contributed by atoms with E-state index in [9.17, 15) is 13.6 Å². The van der Waals surface area contributed by atoms with Gasteiger partial charge in [0, 0.05) is 37.5 Å². The SMILES string of the molecule is O=C(O)c1cnc2cncc(N3CCC(F)(F)CC3)c2c1. The summed E-state index contributed by atoms with van der Waals surface area (Å²) in [6.07, 6.45) is 3.94. The fraction of sp³-hybridized carbons (Fsp3) is 0.357. The maximum Gasteiger partial charge on any atom is 0.337 e. The van der Waals surface area contributed by atoms with Gasteiger partial charge in [-0.05, 0) is 6.07 Å². The zero-order valence-electron chi connectivity index (χ0n) is 11.1. The lowest BCUT2D eigenvalue weighted by atomic mass is 10.1. The number of hydrogen-bond donors (Lipinski definition) is 1. The molecule has 2 aromatic heterocycles. The Morgan fingerprint density at radius 3 is 2.62 bits per heavy atom. The minimum atomic E-state index is -2.63. The lowest BCUT2D eigenvalue weighted by Crippen LogP contribution is -2.39. The van der Waals surface area contributed by atoms with Crippen LogP contribution in [-0.2, 0) is 0 Å². The average Bonchev–Trinajstić information content (AvgIpc) is 2.46. The van der Waals surface area contributed by atoms with Crippen molar-refractivity contribution in [1.29, 1.82) is 0 Å². The van der Waals surface area contributed by atoms with E-state index in [1.807, 2.05) is 0 Å². The van der Waals surface area contributed by atoms with Gasteiger partial charge in [0.25, 0.3) is 5.92 Å². The van der Waals surface area contributed by atoms with E-state index in [0.29, 0.717) is 16.6 Å². The van der Waals surface area contributed by atoms with Crippen molar-refractivity contribution in [3.05, 3.63) is 30.2 Å². The first-order chi connectivity index (χ1) is 9.96. The standard InChI is InChI=1S/C14H13F2N3O2/c15-14(16)1-3-19(4-2-14)12-8-17-7-11-10(12)5-9(6-18-11)13(20)21/h5-8H,1-4H2,(H,20,21). The summed E-state index contributed by atoms with van der Waals surface area (Å²) in [6, 6.07) is 1.51. The summed E-state index contributed by atoms with van der Waals surface area (Å²) in [6.45, 7) is 0.427. The third kappa shape index (κ3) is 2.63. The zero-order valence-corrected chi connectivity index (χ0v) is 11.1. The van der Waals surface area contributed by atoms with Crippen molar-refractivity contribution in [3.8, 4) is 0 Å². The van der Waals surface area contributed by atoms with E-state index in [0.717, 1.165) is 0 Å². The van der Waals surface area contributed by atoms with Crippen molar-refractivity contribution >= 4 is 22.6 Å². The zero-order chi connectivity index (χ0) is 15.0. The van der Waals surface area contributed by atoms with Gasteiger partial charge < -0.3 is 10.0 Å².